The molecule has 4 aliphatic heterocycles. The fourth-order valence-electron chi connectivity index (χ4n) is 6.71. The van der Waals surface area contributed by atoms with E-state index in [-0.39, 0.29) is 11.9 Å². The van der Waals surface area contributed by atoms with Gasteiger partial charge in [-0.3, -0.25) is 14.7 Å². The first kappa shape index (κ1) is 24.9. The molecule has 5 heterocycles. The molecule has 196 valence electrons. The van der Waals surface area contributed by atoms with Crippen LogP contribution in [0, 0.1) is 5.41 Å². The normalized spacial score (nSPS) is 29.8. The summed E-state index contributed by atoms with van der Waals surface area (Å²) in [5.41, 5.74) is 5.57. The molecule has 1 aliphatic carbocycles. The lowest BCUT2D eigenvalue weighted by Gasteiger charge is -2.50. The number of nitrogens with zero attached hydrogens (tertiary/aromatic N) is 6. The van der Waals surface area contributed by atoms with Crippen LogP contribution in [0.3, 0.4) is 0 Å². The Balaban J connectivity index is 1.37. The third-order valence-electron chi connectivity index (χ3n) is 8.69. The molecule has 6 rings (SSSR count). The van der Waals surface area contributed by atoms with E-state index in [0.29, 0.717) is 12.0 Å². The Morgan fingerprint density at radius 3 is 2.75 bits per heavy atom. The number of morpholine rings is 1. The molecule has 1 N–H and O–H groups in total. The molecule has 36 heavy (non-hydrogen) atoms. The minimum atomic E-state index is -0.551. The lowest BCUT2D eigenvalue weighted by molar-refractivity contribution is -0.0482. The number of thioether (sulfide) groups is 1. The second kappa shape index (κ2) is 10.1. The highest BCUT2D eigenvalue weighted by Gasteiger charge is 2.56. The molecule has 0 saturated carbocycles. The molecule has 0 radical (unpaired) electrons. The van der Waals surface area contributed by atoms with Crippen molar-refractivity contribution in [2.24, 2.45) is 15.4 Å². The van der Waals surface area contributed by atoms with Crippen LogP contribution in [-0.4, -0.2) is 114 Å². The van der Waals surface area contributed by atoms with Crippen molar-refractivity contribution in [2.75, 3.05) is 65.6 Å². The second-order valence-corrected chi connectivity index (χ2v) is 12.7. The number of aryl methyl sites for hydroxylation is 1. The van der Waals surface area contributed by atoms with Gasteiger partial charge in [-0.2, -0.15) is 0 Å². The van der Waals surface area contributed by atoms with Gasteiger partial charge < -0.3 is 9.84 Å². The van der Waals surface area contributed by atoms with Crippen LogP contribution < -0.4 is 0 Å². The number of aliphatic hydroxyl groups is 1. The van der Waals surface area contributed by atoms with Crippen LogP contribution >= 0.6 is 11.8 Å². The smallest absolute Gasteiger partial charge is 0.189 e. The first-order valence-corrected chi connectivity index (χ1v) is 14.6. The molecule has 0 aromatic carbocycles. The van der Waals surface area contributed by atoms with Crippen molar-refractivity contribution in [3.05, 3.63) is 22.9 Å². The maximum atomic E-state index is 10.2. The monoisotopic (exact) mass is 512 g/mol. The fraction of sp³-hybridized carbons (Fsp3) is 0.741. The van der Waals surface area contributed by atoms with Crippen LogP contribution in [0.25, 0.3) is 0 Å². The Hall–Kier alpha value is -1.36. The molecule has 2 unspecified atom stereocenters. The van der Waals surface area contributed by atoms with Gasteiger partial charge in [-0.25, -0.2) is 15.0 Å². The van der Waals surface area contributed by atoms with Crippen LogP contribution in [0.5, 0.6) is 0 Å². The lowest BCUT2D eigenvalue weighted by atomic mass is 9.73. The number of fused-ring (bicyclic) bond motifs is 5. The van der Waals surface area contributed by atoms with Crippen LogP contribution in [-0.2, 0) is 17.6 Å². The Kier molecular flexibility index (Phi) is 6.98. The van der Waals surface area contributed by atoms with Crippen molar-refractivity contribution in [2.45, 2.75) is 62.0 Å². The van der Waals surface area contributed by atoms with Crippen molar-refractivity contribution < 1.29 is 9.84 Å². The first-order valence-electron chi connectivity index (χ1n) is 13.7. The minimum absolute atomic E-state index is 0.0517. The van der Waals surface area contributed by atoms with Gasteiger partial charge in [-0.15, -0.1) is 0 Å². The van der Waals surface area contributed by atoms with Gasteiger partial charge in [0.05, 0.1) is 25.5 Å². The molecule has 0 bridgehead atoms. The summed E-state index contributed by atoms with van der Waals surface area (Å²) in [6.45, 7) is 12.9. The molecular weight excluding hydrogens is 472 g/mol. The van der Waals surface area contributed by atoms with E-state index in [4.69, 9.17) is 19.7 Å². The predicted octanol–water partition coefficient (Wildman–Crippen LogP) is 2.28. The standard InChI is InChI=1S/C27H40N6O2S/c1-26(2)6-5-20-18-28-25-22(21(20)17-26)23-24(36-25)27(30-19-29-23,32-7-3-4-8-32)33(11-14-34)10-9-31-12-15-35-16-13-31/h18-19,24,34H,3-17H2,1-2H3. The highest BCUT2D eigenvalue weighted by molar-refractivity contribution is 8.01. The van der Waals surface area contributed by atoms with Crippen molar-refractivity contribution in [1.29, 1.82) is 0 Å². The Morgan fingerprint density at radius 2 is 1.97 bits per heavy atom. The number of hydrogen-bond acceptors (Lipinski definition) is 9. The van der Waals surface area contributed by atoms with Crippen molar-refractivity contribution in [1.82, 2.24) is 19.7 Å². The molecule has 1 aromatic rings. The summed E-state index contributed by atoms with van der Waals surface area (Å²) in [6.07, 6.45) is 9.67. The number of aliphatic imine (C=N–C) groups is 2. The number of rotatable bonds is 7. The third kappa shape index (κ3) is 4.35. The average molecular weight is 513 g/mol. The summed E-state index contributed by atoms with van der Waals surface area (Å²) in [5, 5.41) is 11.4. The number of aliphatic hydroxyl groups excluding tert-OH is 1. The van der Waals surface area contributed by atoms with Gasteiger partial charge in [0.25, 0.3) is 0 Å². The summed E-state index contributed by atoms with van der Waals surface area (Å²) in [4.78, 5) is 22.7. The maximum Gasteiger partial charge on any atom is 0.189 e. The topological polar surface area (TPSA) is 76.8 Å². The second-order valence-electron chi connectivity index (χ2n) is 11.6. The molecule has 2 saturated heterocycles. The molecule has 0 amide bonds. The van der Waals surface area contributed by atoms with Gasteiger partial charge >= 0.3 is 0 Å². The highest BCUT2D eigenvalue weighted by atomic mass is 32.2. The summed E-state index contributed by atoms with van der Waals surface area (Å²) in [7, 11) is 0. The molecule has 0 spiro atoms. The molecular formula is C27H40N6O2S. The van der Waals surface area contributed by atoms with E-state index < -0.39 is 5.79 Å². The largest absolute Gasteiger partial charge is 0.395 e. The quantitative estimate of drug-likeness (QED) is 0.601. The van der Waals surface area contributed by atoms with E-state index in [0.717, 1.165) is 76.1 Å². The zero-order valence-corrected chi connectivity index (χ0v) is 22.6. The third-order valence-corrected chi connectivity index (χ3v) is 10.0. The fourth-order valence-corrected chi connectivity index (χ4v) is 8.20. The summed E-state index contributed by atoms with van der Waals surface area (Å²) < 4.78 is 5.57. The van der Waals surface area contributed by atoms with Crippen LogP contribution in [0.15, 0.2) is 21.2 Å². The van der Waals surface area contributed by atoms with E-state index >= 15 is 0 Å². The lowest BCUT2D eigenvalue weighted by Crippen LogP contribution is -2.68. The molecule has 1 aromatic heterocycles. The molecule has 5 aliphatic rings. The summed E-state index contributed by atoms with van der Waals surface area (Å²) in [6, 6.07) is 0. The van der Waals surface area contributed by atoms with Gasteiger partial charge in [0.1, 0.15) is 16.6 Å². The van der Waals surface area contributed by atoms with Gasteiger partial charge in [0.15, 0.2) is 5.79 Å². The summed E-state index contributed by atoms with van der Waals surface area (Å²) >= 11 is 1.85. The van der Waals surface area contributed by atoms with E-state index in [1.807, 2.05) is 18.1 Å². The maximum absolute atomic E-state index is 10.2. The molecule has 8 nitrogen and oxygen atoms in total. The number of hydrogen-bond donors (Lipinski definition) is 1. The van der Waals surface area contributed by atoms with Crippen LogP contribution in [0.1, 0.15) is 49.8 Å². The zero-order valence-electron chi connectivity index (χ0n) is 21.8. The average Bonchev–Trinajstić information content (AvgIpc) is 3.55. The molecule has 2 fully saturated rings. The van der Waals surface area contributed by atoms with Gasteiger partial charge in [-0.1, -0.05) is 25.6 Å². The van der Waals surface area contributed by atoms with E-state index in [2.05, 4.69) is 34.7 Å². The van der Waals surface area contributed by atoms with Gasteiger partial charge in [0.2, 0.25) is 0 Å². The van der Waals surface area contributed by atoms with E-state index in [1.165, 1.54) is 36.0 Å². The number of aromatic nitrogens is 1. The van der Waals surface area contributed by atoms with Crippen molar-refractivity contribution in [3.8, 4) is 0 Å². The first-order chi connectivity index (χ1) is 17.5. The van der Waals surface area contributed by atoms with Crippen molar-refractivity contribution >= 4 is 23.8 Å². The Morgan fingerprint density at radius 1 is 1.17 bits per heavy atom. The predicted molar refractivity (Wildman–Crippen MR) is 144 cm³/mol. The minimum Gasteiger partial charge on any atom is -0.395 e. The number of ether oxygens (including phenoxy) is 1. The van der Waals surface area contributed by atoms with E-state index in [1.54, 1.807) is 0 Å². The molecule has 2 atom stereocenters. The summed E-state index contributed by atoms with van der Waals surface area (Å²) in [5.74, 6) is -0.551. The number of likely N-dealkylation sites (tertiary alicyclic amines) is 1. The Labute approximate surface area is 219 Å². The van der Waals surface area contributed by atoms with Gasteiger partial charge in [0, 0.05) is 57.6 Å². The molecule has 9 heteroatoms. The SMILES string of the molecule is CC1(C)CCc2cnc3c(c2C1)C1=NC=NC(N2CCCC2)(N(CCO)CCN2CCOCC2)C1S3. The van der Waals surface area contributed by atoms with E-state index in [9.17, 15) is 5.11 Å². The zero-order chi connectivity index (χ0) is 24.8. The Bertz CT molecular complexity index is 1030. The highest BCUT2D eigenvalue weighted by Crippen LogP contribution is 2.50. The van der Waals surface area contributed by atoms with Crippen LogP contribution in [0.2, 0.25) is 0 Å². The van der Waals surface area contributed by atoms with Gasteiger partial charge in [-0.05, 0) is 48.6 Å². The van der Waals surface area contributed by atoms with Crippen molar-refractivity contribution in [3.63, 3.8) is 0 Å². The van der Waals surface area contributed by atoms with Crippen LogP contribution in [0.4, 0.5) is 0 Å². The number of pyridine rings is 1.